The van der Waals surface area contributed by atoms with E-state index in [1.54, 1.807) is 0 Å². The molecule has 0 aliphatic carbocycles. The highest BCUT2D eigenvalue weighted by atomic mass is 79.9. The van der Waals surface area contributed by atoms with Gasteiger partial charge in [0.2, 0.25) is 0 Å². The highest BCUT2D eigenvalue weighted by Crippen LogP contribution is 2.24. The van der Waals surface area contributed by atoms with Crippen molar-refractivity contribution in [3.05, 3.63) is 49.9 Å². The maximum atomic E-state index is 4.68. The van der Waals surface area contributed by atoms with Crippen molar-refractivity contribution in [2.24, 2.45) is 0 Å². The summed E-state index contributed by atoms with van der Waals surface area (Å²) in [6.45, 7) is 7.34. The summed E-state index contributed by atoms with van der Waals surface area (Å²) in [5.41, 5.74) is 2.44. The summed E-state index contributed by atoms with van der Waals surface area (Å²) in [6, 6.07) is 8.85. The number of nitrogens with zero attached hydrogens (tertiary/aromatic N) is 1. The fraction of sp³-hybridized carbons (Fsp3) is 0.400. The van der Waals surface area contributed by atoms with Gasteiger partial charge in [-0.15, -0.1) is 11.3 Å². The SMILES string of the molecule is Cc1nc(Cc2ccccc2Br)sc1CNC(C)C. The summed E-state index contributed by atoms with van der Waals surface area (Å²) in [7, 11) is 0. The molecular formula is C15H19BrN2S. The normalized spacial score (nSPS) is 11.2. The fourth-order valence-electron chi connectivity index (χ4n) is 1.83. The van der Waals surface area contributed by atoms with Crippen molar-refractivity contribution in [3.8, 4) is 0 Å². The molecule has 0 spiro atoms. The third-order valence-electron chi connectivity index (χ3n) is 2.91. The van der Waals surface area contributed by atoms with E-state index in [-0.39, 0.29) is 0 Å². The van der Waals surface area contributed by atoms with Crippen LogP contribution in [0.5, 0.6) is 0 Å². The lowest BCUT2D eigenvalue weighted by molar-refractivity contribution is 0.591. The van der Waals surface area contributed by atoms with E-state index >= 15 is 0 Å². The Bertz CT molecular complexity index is 549. The Hall–Kier alpha value is -0.710. The van der Waals surface area contributed by atoms with Crippen LogP contribution in [0, 0.1) is 6.92 Å². The lowest BCUT2D eigenvalue weighted by Gasteiger charge is -2.05. The van der Waals surface area contributed by atoms with Crippen molar-refractivity contribution in [1.82, 2.24) is 10.3 Å². The Labute approximate surface area is 127 Å². The number of rotatable bonds is 5. The van der Waals surface area contributed by atoms with Crippen LogP contribution in [0.3, 0.4) is 0 Å². The van der Waals surface area contributed by atoms with E-state index in [0.717, 1.165) is 23.1 Å². The monoisotopic (exact) mass is 338 g/mol. The number of hydrogen-bond donors (Lipinski definition) is 1. The molecular weight excluding hydrogens is 320 g/mol. The van der Waals surface area contributed by atoms with E-state index in [4.69, 9.17) is 0 Å². The zero-order valence-corrected chi connectivity index (χ0v) is 13.9. The minimum atomic E-state index is 0.508. The topological polar surface area (TPSA) is 24.9 Å². The van der Waals surface area contributed by atoms with Crippen molar-refractivity contribution in [2.75, 3.05) is 0 Å². The first-order valence-corrected chi connectivity index (χ1v) is 8.09. The van der Waals surface area contributed by atoms with Crippen LogP contribution in [-0.2, 0) is 13.0 Å². The van der Waals surface area contributed by atoms with Gasteiger partial charge in [-0.2, -0.15) is 0 Å². The van der Waals surface area contributed by atoms with Crippen molar-refractivity contribution in [2.45, 2.75) is 39.8 Å². The first-order valence-electron chi connectivity index (χ1n) is 6.48. The molecule has 4 heteroatoms. The van der Waals surface area contributed by atoms with Crippen LogP contribution in [-0.4, -0.2) is 11.0 Å². The van der Waals surface area contributed by atoms with Gasteiger partial charge < -0.3 is 5.32 Å². The van der Waals surface area contributed by atoms with Crippen LogP contribution in [0.15, 0.2) is 28.7 Å². The van der Waals surface area contributed by atoms with Crippen LogP contribution >= 0.6 is 27.3 Å². The predicted octanol–water partition coefficient (Wildman–Crippen LogP) is 4.30. The van der Waals surface area contributed by atoms with Gasteiger partial charge >= 0.3 is 0 Å². The average molecular weight is 339 g/mol. The molecule has 0 atom stereocenters. The van der Waals surface area contributed by atoms with Gasteiger partial charge in [0, 0.05) is 28.4 Å². The quantitative estimate of drug-likeness (QED) is 0.878. The molecule has 0 saturated heterocycles. The number of thiazole rings is 1. The minimum absolute atomic E-state index is 0.508. The molecule has 0 unspecified atom stereocenters. The molecule has 1 aromatic heterocycles. The van der Waals surface area contributed by atoms with Gasteiger partial charge in [-0.3, -0.25) is 0 Å². The molecule has 2 nitrogen and oxygen atoms in total. The molecule has 1 heterocycles. The van der Waals surface area contributed by atoms with E-state index < -0.39 is 0 Å². The van der Waals surface area contributed by atoms with Crippen molar-refractivity contribution < 1.29 is 0 Å². The second-order valence-corrected chi connectivity index (χ2v) is 6.94. The number of halogens is 1. The van der Waals surface area contributed by atoms with Crippen molar-refractivity contribution in [3.63, 3.8) is 0 Å². The van der Waals surface area contributed by atoms with Gasteiger partial charge in [-0.25, -0.2) is 4.98 Å². The third kappa shape index (κ3) is 4.13. The number of aromatic nitrogens is 1. The Morgan fingerprint density at radius 3 is 2.74 bits per heavy atom. The summed E-state index contributed by atoms with van der Waals surface area (Å²) in [6.07, 6.45) is 0.897. The molecule has 19 heavy (non-hydrogen) atoms. The second kappa shape index (κ2) is 6.64. The molecule has 2 rings (SSSR count). The van der Waals surface area contributed by atoms with Gasteiger partial charge in [0.1, 0.15) is 0 Å². The van der Waals surface area contributed by atoms with E-state index in [0.29, 0.717) is 6.04 Å². The first-order chi connectivity index (χ1) is 9.06. The van der Waals surface area contributed by atoms with E-state index in [9.17, 15) is 0 Å². The highest BCUT2D eigenvalue weighted by Gasteiger charge is 2.09. The van der Waals surface area contributed by atoms with Crippen LogP contribution in [0.2, 0.25) is 0 Å². The molecule has 0 radical (unpaired) electrons. The zero-order chi connectivity index (χ0) is 13.8. The average Bonchev–Trinajstić information content (AvgIpc) is 2.70. The van der Waals surface area contributed by atoms with E-state index in [1.807, 2.05) is 17.4 Å². The lowest BCUT2D eigenvalue weighted by atomic mass is 10.2. The van der Waals surface area contributed by atoms with E-state index in [2.05, 4.69) is 65.2 Å². The molecule has 0 saturated carbocycles. The maximum Gasteiger partial charge on any atom is 0.0975 e. The number of nitrogens with one attached hydrogen (secondary N) is 1. The Balaban J connectivity index is 2.10. The molecule has 1 aromatic carbocycles. The van der Waals surface area contributed by atoms with Gasteiger partial charge in [-0.05, 0) is 18.6 Å². The summed E-state index contributed by atoms with van der Waals surface area (Å²) >= 11 is 5.40. The Kier molecular flexibility index (Phi) is 5.13. The number of hydrogen-bond acceptors (Lipinski definition) is 3. The number of aryl methyl sites for hydroxylation is 1. The van der Waals surface area contributed by atoms with Crippen LogP contribution < -0.4 is 5.32 Å². The van der Waals surface area contributed by atoms with Gasteiger partial charge in [-0.1, -0.05) is 48.0 Å². The van der Waals surface area contributed by atoms with Crippen LogP contribution in [0.4, 0.5) is 0 Å². The summed E-state index contributed by atoms with van der Waals surface area (Å²) in [4.78, 5) is 6.03. The minimum Gasteiger partial charge on any atom is -0.310 e. The molecule has 0 aliphatic rings. The van der Waals surface area contributed by atoms with Crippen LogP contribution in [0.1, 0.15) is 35.0 Å². The van der Waals surface area contributed by atoms with Crippen LogP contribution in [0.25, 0.3) is 0 Å². The Morgan fingerprint density at radius 2 is 2.05 bits per heavy atom. The summed E-state index contributed by atoms with van der Waals surface area (Å²) in [5.74, 6) is 0. The third-order valence-corrected chi connectivity index (χ3v) is 4.84. The lowest BCUT2D eigenvalue weighted by Crippen LogP contribution is -2.21. The van der Waals surface area contributed by atoms with Crippen molar-refractivity contribution >= 4 is 27.3 Å². The van der Waals surface area contributed by atoms with Crippen molar-refractivity contribution in [1.29, 1.82) is 0 Å². The smallest absolute Gasteiger partial charge is 0.0975 e. The van der Waals surface area contributed by atoms with E-state index in [1.165, 1.54) is 15.4 Å². The molecule has 2 aromatic rings. The largest absolute Gasteiger partial charge is 0.310 e. The predicted molar refractivity (Wildman–Crippen MR) is 85.8 cm³/mol. The second-order valence-electron chi connectivity index (χ2n) is 4.92. The zero-order valence-electron chi connectivity index (χ0n) is 11.5. The summed E-state index contributed by atoms with van der Waals surface area (Å²) < 4.78 is 1.16. The summed E-state index contributed by atoms with van der Waals surface area (Å²) in [5, 5.41) is 4.64. The standard InChI is InChI=1S/C15H19BrN2S/c1-10(2)17-9-14-11(3)18-15(19-14)8-12-6-4-5-7-13(12)16/h4-7,10,17H,8-9H2,1-3H3. The molecule has 0 aliphatic heterocycles. The molecule has 0 bridgehead atoms. The maximum absolute atomic E-state index is 4.68. The van der Waals surface area contributed by atoms with Gasteiger partial charge in [0.25, 0.3) is 0 Å². The highest BCUT2D eigenvalue weighted by molar-refractivity contribution is 9.10. The number of benzene rings is 1. The molecule has 0 fully saturated rings. The first kappa shape index (κ1) is 14.7. The fourth-order valence-corrected chi connectivity index (χ4v) is 3.30. The molecule has 0 amide bonds. The molecule has 1 N–H and O–H groups in total. The van der Waals surface area contributed by atoms with Gasteiger partial charge in [0.15, 0.2) is 0 Å². The Morgan fingerprint density at radius 1 is 1.32 bits per heavy atom. The van der Waals surface area contributed by atoms with Gasteiger partial charge in [0.05, 0.1) is 10.7 Å². The molecule has 102 valence electrons.